The molecule has 27 heavy (non-hydrogen) atoms. The van der Waals surface area contributed by atoms with Gasteiger partial charge in [-0.3, -0.25) is 4.79 Å². The highest BCUT2D eigenvalue weighted by Crippen LogP contribution is 2.22. The molecular formula is C20H21ClN4O2. The van der Waals surface area contributed by atoms with Crippen LogP contribution >= 0.6 is 11.6 Å². The number of hydrogen-bond acceptors (Lipinski definition) is 4. The zero-order chi connectivity index (χ0) is 19.0. The highest BCUT2D eigenvalue weighted by Gasteiger charge is 2.26. The molecule has 0 spiro atoms. The second kappa shape index (κ2) is 7.19. The van der Waals surface area contributed by atoms with E-state index in [1.807, 2.05) is 49.1 Å². The van der Waals surface area contributed by atoms with E-state index in [1.54, 1.807) is 10.7 Å². The third-order valence-corrected chi connectivity index (χ3v) is 5.17. The fourth-order valence-corrected chi connectivity index (χ4v) is 3.55. The number of amides is 1. The summed E-state index contributed by atoms with van der Waals surface area (Å²) in [5.41, 5.74) is 3.06. The number of aromatic nitrogens is 3. The molecule has 1 aliphatic rings. The Bertz CT molecular complexity index is 976. The molecule has 3 aromatic rings. The number of carbonyl (C=O) groups excluding carboxylic acids is 1. The van der Waals surface area contributed by atoms with Crippen LogP contribution in [0.5, 0.6) is 5.75 Å². The van der Waals surface area contributed by atoms with Crippen LogP contribution in [0, 0.1) is 13.8 Å². The Morgan fingerprint density at radius 2 is 1.89 bits per heavy atom. The summed E-state index contributed by atoms with van der Waals surface area (Å²) in [7, 11) is 0. The lowest BCUT2D eigenvalue weighted by Crippen LogP contribution is -2.42. The minimum absolute atomic E-state index is 0.00000371. The summed E-state index contributed by atoms with van der Waals surface area (Å²) >= 11 is 5.91. The minimum Gasteiger partial charge on any atom is -0.490 e. The molecule has 0 aliphatic carbocycles. The summed E-state index contributed by atoms with van der Waals surface area (Å²) in [5.74, 6) is 0.809. The second-order valence-electron chi connectivity index (χ2n) is 6.88. The minimum atomic E-state index is -0.00000371. The second-order valence-corrected chi connectivity index (χ2v) is 7.31. The molecule has 1 amide bonds. The maximum Gasteiger partial charge on any atom is 0.257 e. The van der Waals surface area contributed by atoms with E-state index in [1.165, 1.54) is 0 Å². The normalized spacial score (nSPS) is 15.3. The summed E-state index contributed by atoms with van der Waals surface area (Å²) in [6.07, 6.45) is 3.35. The summed E-state index contributed by atoms with van der Waals surface area (Å²) in [6, 6.07) is 9.28. The molecular weight excluding hydrogens is 364 g/mol. The smallest absolute Gasteiger partial charge is 0.257 e. The van der Waals surface area contributed by atoms with Crippen molar-refractivity contribution in [3.63, 3.8) is 0 Å². The first-order valence-electron chi connectivity index (χ1n) is 9.05. The lowest BCUT2D eigenvalue weighted by Gasteiger charge is -2.32. The molecule has 0 radical (unpaired) electrons. The van der Waals surface area contributed by atoms with E-state index >= 15 is 0 Å². The molecule has 3 heterocycles. The summed E-state index contributed by atoms with van der Waals surface area (Å²) in [5, 5.41) is 5.11. The highest BCUT2D eigenvalue weighted by atomic mass is 35.5. The Hall–Kier alpha value is -2.60. The van der Waals surface area contributed by atoms with Gasteiger partial charge in [-0.05, 0) is 38.1 Å². The largest absolute Gasteiger partial charge is 0.490 e. The van der Waals surface area contributed by atoms with Crippen LogP contribution in [-0.4, -0.2) is 44.6 Å². The molecule has 4 rings (SSSR count). The zero-order valence-corrected chi connectivity index (χ0v) is 16.1. The predicted octanol–water partition coefficient (Wildman–Crippen LogP) is 3.68. The number of benzene rings is 1. The molecule has 1 aromatic carbocycles. The van der Waals surface area contributed by atoms with Crippen molar-refractivity contribution >= 4 is 23.2 Å². The predicted molar refractivity (Wildman–Crippen MR) is 103 cm³/mol. The topological polar surface area (TPSA) is 59.7 Å². The number of halogens is 1. The van der Waals surface area contributed by atoms with Gasteiger partial charge in [0.2, 0.25) is 0 Å². The van der Waals surface area contributed by atoms with Gasteiger partial charge in [0.1, 0.15) is 11.9 Å². The number of likely N-dealkylation sites (tertiary alicyclic amines) is 1. The quantitative estimate of drug-likeness (QED) is 0.691. The van der Waals surface area contributed by atoms with E-state index in [2.05, 4.69) is 10.1 Å². The first kappa shape index (κ1) is 17.8. The summed E-state index contributed by atoms with van der Waals surface area (Å²) in [6.45, 7) is 5.14. The monoisotopic (exact) mass is 384 g/mol. The average molecular weight is 385 g/mol. The molecule has 0 unspecified atom stereocenters. The molecule has 1 fully saturated rings. The number of fused-ring (bicyclic) bond motifs is 1. The fraction of sp³-hybridized carbons (Fsp3) is 0.350. The number of nitrogens with zero attached hydrogens (tertiary/aromatic N) is 4. The van der Waals surface area contributed by atoms with E-state index < -0.39 is 0 Å². The van der Waals surface area contributed by atoms with Gasteiger partial charge < -0.3 is 9.64 Å². The molecule has 0 atom stereocenters. The van der Waals surface area contributed by atoms with Gasteiger partial charge in [0.05, 0.1) is 17.0 Å². The molecule has 1 aliphatic heterocycles. The third kappa shape index (κ3) is 3.62. The first-order valence-corrected chi connectivity index (χ1v) is 9.42. The van der Waals surface area contributed by atoms with Gasteiger partial charge in [0.25, 0.3) is 5.91 Å². The Morgan fingerprint density at radius 1 is 1.19 bits per heavy atom. The van der Waals surface area contributed by atoms with Crippen molar-refractivity contribution < 1.29 is 9.53 Å². The van der Waals surface area contributed by atoms with Gasteiger partial charge in [0.15, 0.2) is 5.65 Å². The lowest BCUT2D eigenvalue weighted by atomic mass is 10.1. The lowest BCUT2D eigenvalue weighted by molar-refractivity contribution is 0.0594. The van der Waals surface area contributed by atoms with Crippen molar-refractivity contribution in [3.05, 3.63) is 58.5 Å². The number of aryl methyl sites for hydroxylation is 2. The van der Waals surface area contributed by atoms with Crippen LogP contribution in [0.25, 0.3) is 5.65 Å². The number of carbonyl (C=O) groups is 1. The Labute approximate surface area is 162 Å². The SMILES string of the molecule is Cc1cc2ncc(C(=O)N3CCC(Oc4ccc(Cl)cc4)CC3)c(C)n2n1. The van der Waals surface area contributed by atoms with Crippen LogP contribution in [0.1, 0.15) is 34.6 Å². The molecule has 0 saturated carbocycles. The number of ether oxygens (including phenoxy) is 1. The van der Waals surface area contributed by atoms with E-state index in [4.69, 9.17) is 16.3 Å². The van der Waals surface area contributed by atoms with E-state index in [0.29, 0.717) is 23.7 Å². The maximum atomic E-state index is 13.0. The van der Waals surface area contributed by atoms with E-state index in [0.717, 1.165) is 35.6 Å². The number of rotatable bonds is 3. The molecule has 1 saturated heterocycles. The van der Waals surface area contributed by atoms with Gasteiger partial charge in [-0.15, -0.1) is 0 Å². The van der Waals surface area contributed by atoms with Crippen LogP contribution in [0.4, 0.5) is 0 Å². The van der Waals surface area contributed by atoms with Crippen molar-refractivity contribution in [3.8, 4) is 5.75 Å². The molecule has 6 nitrogen and oxygen atoms in total. The Balaban J connectivity index is 1.42. The standard InChI is InChI=1S/C20H21ClN4O2/c1-13-11-19-22-12-18(14(2)25(19)23-13)20(26)24-9-7-17(8-10-24)27-16-5-3-15(21)4-6-16/h3-6,11-12,17H,7-10H2,1-2H3. The van der Waals surface area contributed by atoms with Gasteiger partial charge in [-0.2, -0.15) is 5.10 Å². The van der Waals surface area contributed by atoms with Crippen LogP contribution in [0.3, 0.4) is 0 Å². The fourth-order valence-electron chi connectivity index (χ4n) is 3.43. The van der Waals surface area contributed by atoms with Crippen LogP contribution < -0.4 is 4.74 Å². The molecule has 0 bridgehead atoms. The Morgan fingerprint density at radius 3 is 2.59 bits per heavy atom. The van der Waals surface area contributed by atoms with Crippen molar-refractivity contribution in [2.24, 2.45) is 0 Å². The average Bonchev–Trinajstić information content (AvgIpc) is 3.05. The number of piperidine rings is 1. The van der Waals surface area contributed by atoms with Gasteiger partial charge in [-0.1, -0.05) is 11.6 Å². The molecule has 7 heteroatoms. The number of hydrogen-bond donors (Lipinski definition) is 0. The van der Waals surface area contributed by atoms with Crippen molar-refractivity contribution in [2.75, 3.05) is 13.1 Å². The van der Waals surface area contributed by atoms with Crippen molar-refractivity contribution in [2.45, 2.75) is 32.8 Å². The van der Waals surface area contributed by atoms with Crippen LogP contribution in [0.2, 0.25) is 5.02 Å². The van der Waals surface area contributed by atoms with Gasteiger partial charge in [0, 0.05) is 43.2 Å². The molecule has 0 N–H and O–H groups in total. The first-order chi connectivity index (χ1) is 13.0. The summed E-state index contributed by atoms with van der Waals surface area (Å²) in [4.78, 5) is 19.2. The van der Waals surface area contributed by atoms with Crippen LogP contribution in [0.15, 0.2) is 36.5 Å². The van der Waals surface area contributed by atoms with Crippen molar-refractivity contribution in [1.29, 1.82) is 0 Å². The van der Waals surface area contributed by atoms with Gasteiger partial charge >= 0.3 is 0 Å². The molecule has 140 valence electrons. The maximum absolute atomic E-state index is 13.0. The third-order valence-electron chi connectivity index (χ3n) is 4.92. The highest BCUT2D eigenvalue weighted by molar-refractivity contribution is 6.30. The molecule has 2 aromatic heterocycles. The Kier molecular flexibility index (Phi) is 4.74. The zero-order valence-electron chi connectivity index (χ0n) is 15.4. The van der Waals surface area contributed by atoms with Gasteiger partial charge in [-0.25, -0.2) is 9.50 Å². The van der Waals surface area contributed by atoms with Crippen LogP contribution in [-0.2, 0) is 0 Å². The summed E-state index contributed by atoms with van der Waals surface area (Å²) < 4.78 is 7.74. The van der Waals surface area contributed by atoms with E-state index in [-0.39, 0.29) is 12.0 Å². The van der Waals surface area contributed by atoms with Crippen molar-refractivity contribution in [1.82, 2.24) is 19.5 Å². The van der Waals surface area contributed by atoms with E-state index in [9.17, 15) is 4.79 Å².